The van der Waals surface area contributed by atoms with Crippen molar-refractivity contribution in [1.82, 2.24) is 4.90 Å². The van der Waals surface area contributed by atoms with Crippen molar-refractivity contribution in [2.24, 2.45) is 11.1 Å². The first-order chi connectivity index (χ1) is 15.4. The number of benzene rings is 2. The summed E-state index contributed by atoms with van der Waals surface area (Å²) in [5, 5.41) is 4.17. The number of ether oxygens (including phenoxy) is 2. The van der Waals surface area contributed by atoms with Gasteiger partial charge in [0.25, 0.3) is 0 Å². The molecule has 5 rings (SSSR count). The van der Waals surface area contributed by atoms with E-state index in [2.05, 4.69) is 5.16 Å². The SMILES string of the molecule is O=C(C1CC1)N(Cc1cccc(C(F)(F)F)c1)CC1CC(c2ccc3c(c2)OCO3)=NO1. The molecule has 0 aromatic heterocycles. The maximum atomic E-state index is 13.1. The third-order valence-electron chi connectivity index (χ3n) is 5.73. The summed E-state index contributed by atoms with van der Waals surface area (Å²) in [7, 11) is 0. The molecule has 2 aromatic carbocycles. The van der Waals surface area contributed by atoms with Gasteiger partial charge in [-0.3, -0.25) is 4.79 Å². The third kappa shape index (κ3) is 4.37. The highest BCUT2D eigenvalue weighted by Crippen LogP contribution is 2.35. The van der Waals surface area contributed by atoms with E-state index in [9.17, 15) is 18.0 Å². The standard InChI is InChI=1S/C23H21F3N2O4/c24-23(25,26)17-3-1-2-14(8-17)11-28(22(29)15-4-5-15)12-18-10-19(27-32-18)16-6-7-20-21(9-16)31-13-30-20/h1-3,6-9,15,18H,4-5,10-13H2. The number of amides is 1. The lowest BCUT2D eigenvalue weighted by atomic mass is 10.0. The molecule has 1 amide bonds. The summed E-state index contributed by atoms with van der Waals surface area (Å²) in [5.41, 5.74) is 1.28. The third-order valence-corrected chi connectivity index (χ3v) is 5.73. The van der Waals surface area contributed by atoms with Gasteiger partial charge in [-0.05, 0) is 48.7 Å². The van der Waals surface area contributed by atoms with Crippen LogP contribution in [0.2, 0.25) is 0 Å². The van der Waals surface area contributed by atoms with Crippen LogP contribution in [0.15, 0.2) is 47.6 Å². The molecule has 6 nitrogen and oxygen atoms in total. The fourth-order valence-electron chi connectivity index (χ4n) is 3.91. The molecule has 0 spiro atoms. The second-order valence-electron chi connectivity index (χ2n) is 8.23. The molecule has 1 unspecified atom stereocenters. The first-order valence-electron chi connectivity index (χ1n) is 10.4. The van der Waals surface area contributed by atoms with Crippen LogP contribution in [0.1, 0.15) is 36.0 Å². The van der Waals surface area contributed by atoms with Gasteiger partial charge in [0, 0.05) is 24.4 Å². The Morgan fingerprint density at radius 1 is 1.09 bits per heavy atom. The highest BCUT2D eigenvalue weighted by atomic mass is 19.4. The van der Waals surface area contributed by atoms with Crippen molar-refractivity contribution >= 4 is 11.6 Å². The lowest BCUT2D eigenvalue weighted by molar-refractivity contribution is -0.137. The van der Waals surface area contributed by atoms with Crippen molar-refractivity contribution in [3.63, 3.8) is 0 Å². The molecule has 1 aliphatic carbocycles. The minimum absolute atomic E-state index is 0.0532. The first kappa shape index (κ1) is 20.7. The number of nitrogens with zero attached hydrogens (tertiary/aromatic N) is 2. The summed E-state index contributed by atoms with van der Waals surface area (Å²) in [5.74, 6) is 1.20. The minimum atomic E-state index is -4.43. The molecule has 2 heterocycles. The number of carbonyl (C=O) groups is 1. The zero-order valence-corrected chi connectivity index (χ0v) is 17.1. The summed E-state index contributed by atoms with van der Waals surface area (Å²) >= 11 is 0. The highest BCUT2D eigenvalue weighted by Gasteiger charge is 2.36. The van der Waals surface area contributed by atoms with E-state index in [4.69, 9.17) is 14.3 Å². The largest absolute Gasteiger partial charge is 0.454 e. The predicted octanol–water partition coefficient (Wildman–Crippen LogP) is 4.37. The van der Waals surface area contributed by atoms with Gasteiger partial charge >= 0.3 is 6.18 Å². The molecule has 2 aliphatic heterocycles. The van der Waals surface area contributed by atoms with Crippen molar-refractivity contribution in [2.75, 3.05) is 13.3 Å². The van der Waals surface area contributed by atoms with E-state index in [0.717, 1.165) is 36.2 Å². The first-order valence-corrected chi connectivity index (χ1v) is 10.4. The number of rotatable bonds is 6. The Morgan fingerprint density at radius 2 is 1.91 bits per heavy atom. The predicted molar refractivity (Wildman–Crippen MR) is 108 cm³/mol. The molecule has 1 atom stereocenters. The van der Waals surface area contributed by atoms with Gasteiger partial charge in [0.2, 0.25) is 12.7 Å². The Balaban J connectivity index is 1.28. The molecule has 3 aliphatic rings. The zero-order valence-electron chi connectivity index (χ0n) is 17.1. The second-order valence-corrected chi connectivity index (χ2v) is 8.23. The van der Waals surface area contributed by atoms with E-state index in [1.807, 2.05) is 18.2 Å². The molecule has 1 fully saturated rings. The fraction of sp³-hybridized carbons (Fsp3) is 0.391. The summed E-state index contributed by atoms with van der Waals surface area (Å²) in [6.07, 6.45) is -2.70. The van der Waals surface area contributed by atoms with Crippen LogP contribution < -0.4 is 9.47 Å². The van der Waals surface area contributed by atoms with E-state index in [0.29, 0.717) is 23.5 Å². The van der Waals surface area contributed by atoms with Crippen LogP contribution in [0.5, 0.6) is 11.5 Å². The maximum Gasteiger partial charge on any atom is 0.416 e. The van der Waals surface area contributed by atoms with Crippen molar-refractivity contribution in [1.29, 1.82) is 0 Å². The lowest BCUT2D eigenvalue weighted by Crippen LogP contribution is -2.38. The Bertz CT molecular complexity index is 1070. The Kier molecular flexibility index (Phi) is 5.19. The average molecular weight is 446 g/mol. The van der Waals surface area contributed by atoms with Gasteiger partial charge in [0.05, 0.1) is 17.8 Å². The summed E-state index contributed by atoms with van der Waals surface area (Å²) in [6, 6.07) is 10.6. The molecule has 2 aromatic rings. The normalized spacial score (nSPS) is 19.5. The average Bonchev–Trinajstić information content (AvgIpc) is 3.33. The van der Waals surface area contributed by atoms with E-state index in [-0.39, 0.29) is 37.8 Å². The van der Waals surface area contributed by atoms with Crippen molar-refractivity contribution in [3.05, 3.63) is 59.2 Å². The molecule has 1 saturated carbocycles. The van der Waals surface area contributed by atoms with Crippen LogP contribution in [-0.4, -0.2) is 36.0 Å². The number of oxime groups is 1. The van der Waals surface area contributed by atoms with E-state index in [1.165, 1.54) is 6.07 Å². The van der Waals surface area contributed by atoms with Gasteiger partial charge in [-0.1, -0.05) is 17.3 Å². The van der Waals surface area contributed by atoms with Gasteiger partial charge in [-0.2, -0.15) is 13.2 Å². The fourth-order valence-corrected chi connectivity index (χ4v) is 3.91. The summed E-state index contributed by atoms with van der Waals surface area (Å²) < 4.78 is 50.0. The van der Waals surface area contributed by atoms with Crippen LogP contribution in [0.4, 0.5) is 13.2 Å². The Hall–Kier alpha value is -3.23. The molecule has 0 radical (unpaired) electrons. The highest BCUT2D eigenvalue weighted by molar-refractivity contribution is 6.01. The van der Waals surface area contributed by atoms with E-state index >= 15 is 0 Å². The maximum absolute atomic E-state index is 13.1. The number of hydrogen-bond acceptors (Lipinski definition) is 5. The molecule has 32 heavy (non-hydrogen) atoms. The summed E-state index contributed by atoms with van der Waals surface area (Å²) in [4.78, 5) is 20.0. The summed E-state index contributed by atoms with van der Waals surface area (Å²) in [6.45, 7) is 0.528. The smallest absolute Gasteiger partial charge is 0.416 e. The molecule has 168 valence electrons. The van der Waals surface area contributed by atoms with Gasteiger partial charge in [-0.25, -0.2) is 0 Å². The zero-order chi connectivity index (χ0) is 22.3. The van der Waals surface area contributed by atoms with Gasteiger partial charge in [0.15, 0.2) is 17.6 Å². The number of carbonyl (C=O) groups excluding carboxylic acids is 1. The van der Waals surface area contributed by atoms with Crippen LogP contribution in [-0.2, 0) is 22.4 Å². The lowest BCUT2D eigenvalue weighted by Gasteiger charge is -2.25. The minimum Gasteiger partial charge on any atom is -0.454 e. The molecule has 0 bridgehead atoms. The monoisotopic (exact) mass is 446 g/mol. The topological polar surface area (TPSA) is 60.4 Å². The number of halogens is 3. The molecule has 0 saturated heterocycles. The van der Waals surface area contributed by atoms with Crippen LogP contribution >= 0.6 is 0 Å². The van der Waals surface area contributed by atoms with E-state index in [1.54, 1.807) is 11.0 Å². The van der Waals surface area contributed by atoms with Crippen LogP contribution in [0, 0.1) is 5.92 Å². The second kappa shape index (κ2) is 8.03. The Morgan fingerprint density at radius 3 is 2.69 bits per heavy atom. The Labute approximate surface area is 182 Å². The van der Waals surface area contributed by atoms with Gasteiger partial charge in [0.1, 0.15) is 0 Å². The molecular formula is C23H21F3N2O4. The molecule has 9 heteroatoms. The van der Waals surface area contributed by atoms with Crippen molar-refractivity contribution in [3.8, 4) is 11.5 Å². The van der Waals surface area contributed by atoms with Crippen LogP contribution in [0.3, 0.4) is 0 Å². The molecule has 0 N–H and O–H groups in total. The van der Waals surface area contributed by atoms with E-state index < -0.39 is 11.7 Å². The van der Waals surface area contributed by atoms with Crippen molar-refractivity contribution < 1.29 is 32.3 Å². The van der Waals surface area contributed by atoms with Crippen LogP contribution in [0.25, 0.3) is 0 Å². The van der Waals surface area contributed by atoms with Gasteiger partial charge < -0.3 is 19.2 Å². The number of hydrogen-bond donors (Lipinski definition) is 0. The molecular weight excluding hydrogens is 425 g/mol. The number of fused-ring (bicyclic) bond motifs is 1. The van der Waals surface area contributed by atoms with Gasteiger partial charge in [-0.15, -0.1) is 0 Å². The van der Waals surface area contributed by atoms with Crippen molar-refractivity contribution in [2.45, 2.75) is 38.1 Å². The number of alkyl halides is 3. The quantitative estimate of drug-likeness (QED) is 0.662.